The second-order valence-corrected chi connectivity index (χ2v) is 6.60. The van der Waals surface area contributed by atoms with Crippen LogP contribution in [0.4, 0.5) is 8.78 Å². The summed E-state index contributed by atoms with van der Waals surface area (Å²) < 4.78 is 37.9. The van der Waals surface area contributed by atoms with Crippen molar-refractivity contribution in [3.8, 4) is 17.3 Å². The number of nitrogens with zero attached hydrogens (tertiary/aromatic N) is 4. The third-order valence-electron chi connectivity index (χ3n) is 4.36. The van der Waals surface area contributed by atoms with E-state index < -0.39 is 6.61 Å². The number of ether oxygens (including phenoxy) is 2. The Morgan fingerprint density at radius 1 is 1.19 bits per heavy atom. The molecule has 0 aliphatic carbocycles. The van der Waals surface area contributed by atoms with Crippen LogP contribution in [0, 0.1) is 0 Å². The number of pyridine rings is 1. The third-order valence-corrected chi connectivity index (χ3v) is 4.36. The van der Waals surface area contributed by atoms with Crippen LogP contribution in [-0.2, 0) is 13.1 Å². The van der Waals surface area contributed by atoms with Crippen molar-refractivity contribution in [3.05, 3.63) is 66.4 Å². The number of imidazole rings is 1. The van der Waals surface area contributed by atoms with Gasteiger partial charge in [-0.3, -0.25) is 4.57 Å². The van der Waals surface area contributed by atoms with Crippen molar-refractivity contribution in [2.24, 2.45) is 4.99 Å². The molecule has 2 heterocycles. The summed E-state index contributed by atoms with van der Waals surface area (Å²) in [5.41, 5.74) is 1.49. The minimum absolute atomic E-state index is 0.0202. The van der Waals surface area contributed by atoms with Gasteiger partial charge in [0.25, 0.3) is 0 Å². The maximum absolute atomic E-state index is 12.9. The molecule has 0 saturated heterocycles. The molecule has 0 saturated carbocycles. The summed E-state index contributed by atoms with van der Waals surface area (Å²) in [4.78, 5) is 13.0. The Hall–Kier alpha value is -3.69. The van der Waals surface area contributed by atoms with E-state index in [1.165, 1.54) is 0 Å². The third kappa shape index (κ3) is 6.40. The Bertz CT molecular complexity index is 1010. The molecule has 0 atom stereocenters. The first-order valence-corrected chi connectivity index (χ1v) is 10.3. The van der Waals surface area contributed by atoms with Gasteiger partial charge in [-0.15, -0.1) is 0 Å². The molecule has 32 heavy (non-hydrogen) atoms. The zero-order valence-corrected chi connectivity index (χ0v) is 18.0. The molecule has 170 valence electrons. The normalized spacial score (nSPS) is 11.5. The van der Waals surface area contributed by atoms with Crippen LogP contribution in [0.3, 0.4) is 0 Å². The first-order chi connectivity index (χ1) is 15.6. The number of aromatic nitrogens is 3. The van der Waals surface area contributed by atoms with Gasteiger partial charge in [0.1, 0.15) is 12.1 Å². The monoisotopic (exact) mass is 444 g/mol. The minimum Gasteiger partial charge on any atom is -0.490 e. The van der Waals surface area contributed by atoms with Crippen molar-refractivity contribution in [2.45, 2.75) is 33.5 Å². The molecule has 2 N–H and O–H groups in total. The van der Waals surface area contributed by atoms with Gasteiger partial charge in [-0.1, -0.05) is 12.1 Å². The molecule has 3 rings (SSSR count). The summed E-state index contributed by atoms with van der Waals surface area (Å²) in [5, 5.41) is 6.31. The van der Waals surface area contributed by atoms with Gasteiger partial charge in [-0.2, -0.15) is 8.78 Å². The van der Waals surface area contributed by atoms with Gasteiger partial charge in [-0.05, 0) is 37.6 Å². The molecule has 0 bridgehead atoms. The Balaban J connectivity index is 1.73. The lowest BCUT2D eigenvalue weighted by molar-refractivity contribution is -0.0520. The van der Waals surface area contributed by atoms with Crippen LogP contribution < -0.4 is 20.1 Å². The van der Waals surface area contributed by atoms with Crippen LogP contribution in [0.5, 0.6) is 11.5 Å². The molecule has 0 aliphatic heterocycles. The number of benzene rings is 1. The molecular weight excluding hydrogens is 418 g/mol. The smallest absolute Gasteiger partial charge is 0.387 e. The van der Waals surface area contributed by atoms with E-state index in [1.54, 1.807) is 43.8 Å². The average molecular weight is 444 g/mol. The van der Waals surface area contributed by atoms with Gasteiger partial charge in [0.15, 0.2) is 17.5 Å². The first-order valence-electron chi connectivity index (χ1n) is 10.3. The fraction of sp³-hybridized carbons (Fsp3) is 0.318. The zero-order valence-electron chi connectivity index (χ0n) is 18.0. The van der Waals surface area contributed by atoms with Gasteiger partial charge in [0, 0.05) is 37.2 Å². The molecule has 3 aromatic rings. The molecule has 2 aromatic heterocycles. The Labute approximate surface area is 185 Å². The highest BCUT2D eigenvalue weighted by molar-refractivity contribution is 5.79. The summed E-state index contributed by atoms with van der Waals surface area (Å²) in [6.45, 7) is 2.39. The van der Waals surface area contributed by atoms with Gasteiger partial charge in [0.2, 0.25) is 0 Å². The van der Waals surface area contributed by atoms with E-state index in [4.69, 9.17) is 9.47 Å². The second kappa shape index (κ2) is 11.6. The number of alkyl halides is 2. The molecule has 0 spiro atoms. The first kappa shape index (κ1) is 23.0. The maximum Gasteiger partial charge on any atom is 0.387 e. The van der Waals surface area contributed by atoms with Crippen LogP contribution >= 0.6 is 0 Å². The largest absolute Gasteiger partial charge is 0.490 e. The number of aliphatic imine (C=N–C) groups is 1. The van der Waals surface area contributed by atoms with Crippen molar-refractivity contribution in [2.75, 3.05) is 13.2 Å². The number of hydrogen-bond donors (Lipinski definition) is 2. The van der Waals surface area contributed by atoms with Crippen LogP contribution in [-0.4, -0.2) is 40.3 Å². The Morgan fingerprint density at radius 2 is 2.06 bits per heavy atom. The average Bonchev–Trinajstić information content (AvgIpc) is 3.32. The molecule has 10 heteroatoms. The van der Waals surface area contributed by atoms with E-state index in [0.29, 0.717) is 31.2 Å². The van der Waals surface area contributed by atoms with Gasteiger partial charge in [0.05, 0.1) is 13.2 Å². The molecular formula is C22H26F2N6O2. The quantitative estimate of drug-likeness (QED) is 0.368. The standard InChI is InChI=1S/C22H26F2N6O2/c1-3-26-22(28-13-16-8-9-27-19(12-16)30-11-10-25-15-30)29-14-17-6-5-7-18(31-4-2)20(17)32-21(23)24/h5-12,15,21H,3-4,13-14H2,1-2H3,(H2,26,28,29). The predicted octanol–water partition coefficient (Wildman–Crippen LogP) is 3.52. The Kier molecular flexibility index (Phi) is 8.36. The van der Waals surface area contributed by atoms with Crippen molar-refractivity contribution in [1.29, 1.82) is 0 Å². The minimum atomic E-state index is -2.95. The van der Waals surface area contributed by atoms with Gasteiger partial charge in [-0.25, -0.2) is 15.0 Å². The van der Waals surface area contributed by atoms with Crippen LogP contribution in [0.1, 0.15) is 25.0 Å². The number of hydrogen-bond acceptors (Lipinski definition) is 5. The Morgan fingerprint density at radius 3 is 2.78 bits per heavy atom. The van der Waals surface area contributed by atoms with Crippen LogP contribution in [0.15, 0.2) is 60.2 Å². The number of guanidine groups is 1. The topological polar surface area (TPSA) is 85.6 Å². The van der Waals surface area contributed by atoms with Gasteiger partial charge < -0.3 is 20.1 Å². The number of para-hydroxylation sites is 1. The molecule has 1 aromatic carbocycles. The van der Waals surface area contributed by atoms with Crippen LogP contribution in [0.2, 0.25) is 0 Å². The second-order valence-electron chi connectivity index (χ2n) is 6.60. The lowest BCUT2D eigenvalue weighted by Gasteiger charge is -2.17. The zero-order chi connectivity index (χ0) is 22.8. The molecule has 0 radical (unpaired) electrons. The van der Waals surface area contributed by atoms with Crippen molar-refractivity contribution >= 4 is 5.96 Å². The van der Waals surface area contributed by atoms with E-state index in [-0.39, 0.29) is 18.0 Å². The molecule has 0 aliphatic rings. The number of halogens is 2. The van der Waals surface area contributed by atoms with Crippen molar-refractivity contribution < 1.29 is 18.3 Å². The number of rotatable bonds is 10. The molecule has 0 amide bonds. The van der Waals surface area contributed by atoms with Crippen molar-refractivity contribution in [3.63, 3.8) is 0 Å². The fourth-order valence-electron chi connectivity index (χ4n) is 2.98. The van der Waals surface area contributed by atoms with E-state index in [0.717, 1.165) is 11.4 Å². The lowest BCUT2D eigenvalue weighted by atomic mass is 10.2. The highest BCUT2D eigenvalue weighted by atomic mass is 19.3. The van der Waals surface area contributed by atoms with Crippen LogP contribution in [0.25, 0.3) is 5.82 Å². The lowest BCUT2D eigenvalue weighted by Crippen LogP contribution is -2.37. The van der Waals surface area contributed by atoms with E-state index in [9.17, 15) is 8.78 Å². The summed E-state index contributed by atoms with van der Waals surface area (Å²) in [5.74, 6) is 1.58. The summed E-state index contributed by atoms with van der Waals surface area (Å²) >= 11 is 0. The summed E-state index contributed by atoms with van der Waals surface area (Å²) in [7, 11) is 0. The van der Waals surface area contributed by atoms with E-state index >= 15 is 0 Å². The molecule has 0 unspecified atom stereocenters. The van der Waals surface area contributed by atoms with E-state index in [2.05, 4.69) is 25.6 Å². The van der Waals surface area contributed by atoms with E-state index in [1.807, 2.05) is 29.8 Å². The highest BCUT2D eigenvalue weighted by Gasteiger charge is 2.16. The summed E-state index contributed by atoms with van der Waals surface area (Å²) in [6.07, 6.45) is 6.90. The molecule has 8 nitrogen and oxygen atoms in total. The predicted molar refractivity (Wildman–Crippen MR) is 117 cm³/mol. The fourth-order valence-corrected chi connectivity index (χ4v) is 2.98. The molecule has 0 fully saturated rings. The highest BCUT2D eigenvalue weighted by Crippen LogP contribution is 2.32. The summed E-state index contributed by atoms with van der Waals surface area (Å²) in [6, 6.07) is 8.85. The number of nitrogens with one attached hydrogen (secondary N) is 2. The van der Waals surface area contributed by atoms with Gasteiger partial charge >= 0.3 is 6.61 Å². The maximum atomic E-state index is 12.9. The van der Waals surface area contributed by atoms with Crippen molar-refractivity contribution in [1.82, 2.24) is 25.2 Å². The SMILES string of the molecule is CCNC(=NCc1ccnc(-n2ccnc2)c1)NCc1cccc(OCC)c1OC(F)F.